The predicted octanol–water partition coefficient (Wildman–Crippen LogP) is 3.17. The summed E-state index contributed by atoms with van der Waals surface area (Å²) in [5.41, 5.74) is 2.51. The van der Waals surface area contributed by atoms with Crippen molar-refractivity contribution in [2.24, 2.45) is 7.05 Å². The van der Waals surface area contributed by atoms with Gasteiger partial charge in [0.15, 0.2) is 0 Å². The van der Waals surface area contributed by atoms with E-state index in [1.54, 1.807) is 12.3 Å². The van der Waals surface area contributed by atoms with Crippen LogP contribution >= 0.6 is 15.9 Å². The molecule has 4 nitrogen and oxygen atoms in total. The molecule has 0 radical (unpaired) electrons. The molecule has 0 aliphatic carbocycles. The molecule has 0 aliphatic rings. The van der Waals surface area contributed by atoms with Crippen molar-refractivity contribution in [3.63, 3.8) is 0 Å². The first-order valence-electron chi connectivity index (χ1n) is 7.12. The van der Waals surface area contributed by atoms with E-state index in [-0.39, 0.29) is 11.9 Å². The zero-order valence-electron chi connectivity index (χ0n) is 12.5. The zero-order chi connectivity index (χ0) is 15.4. The summed E-state index contributed by atoms with van der Waals surface area (Å²) in [5, 5.41) is 7.79. The molecule has 2 aromatic rings. The first-order valence-corrected chi connectivity index (χ1v) is 7.91. The number of rotatable bonds is 6. The number of likely N-dealkylation sites (N-methyl/N-ethyl adjacent to an activating group) is 1. The van der Waals surface area contributed by atoms with E-state index in [1.807, 2.05) is 18.7 Å². The molecule has 0 bridgehead atoms. The van der Waals surface area contributed by atoms with Gasteiger partial charge in [0, 0.05) is 19.7 Å². The number of nitrogens with zero attached hydrogens (tertiary/aromatic N) is 3. The lowest BCUT2D eigenvalue weighted by Gasteiger charge is -2.18. The molecule has 0 aromatic carbocycles. The van der Waals surface area contributed by atoms with Crippen LogP contribution in [0.2, 0.25) is 0 Å². The minimum absolute atomic E-state index is 0.174. The molecule has 2 heterocycles. The largest absolute Gasteiger partial charge is 0.308 e. The van der Waals surface area contributed by atoms with Crippen molar-refractivity contribution >= 4 is 15.9 Å². The molecular formula is C15H20BrFN4. The van der Waals surface area contributed by atoms with Gasteiger partial charge in [0.05, 0.1) is 27.6 Å². The van der Waals surface area contributed by atoms with Crippen molar-refractivity contribution in [3.8, 4) is 0 Å². The van der Waals surface area contributed by atoms with Crippen LogP contribution in [0.15, 0.2) is 22.8 Å². The molecule has 0 saturated heterocycles. The SMILES string of the molecule is CCNC(Cc1c(Br)c(CC)nn1C)c1ncccc1F. The monoisotopic (exact) mass is 354 g/mol. The van der Waals surface area contributed by atoms with Gasteiger partial charge in [0.2, 0.25) is 0 Å². The van der Waals surface area contributed by atoms with Crippen LogP contribution < -0.4 is 5.32 Å². The van der Waals surface area contributed by atoms with E-state index in [2.05, 4.69) is 38.3 Å². The van der Waals surface area contributed by atoms with Gasteiger partial charge in [0.1, 0.15) is 5.82 Å². The molecular weight excluding hydrogens is 335 g/mol. The first-order chi connectivity index (χ1) is 10.1. The predicted molar refractivity (Wildman–Crippen MR) is 84.6 cm³/mol. The number of halogens is 2. The maximum atomic E-state index is 14.0. The van der Waals surface area contributed by atoms with Crippen LogP contribution in [-0.2, 0) is 19.9 Å². The molecule has 0 spiro atoms. The Morgan fingerprint density at radius 3 is 2.76 bits per heavy atom. The molecule has 21 heavy (non-hydrogen) atoms. The Bertz CT molecular complexity index is 612. The smallest absolute Gasteiger partial charge is 0.146 e. The summed E-state index contributed by atoms with van der Waals surface area (Å²) >= 11 is 3.61. The van der Waals surface area contributed by atoms with Gasteiger partial charge in [0.25, 0.3) is 0 Å². The highest BCUT2D eigenvalue weighted by Crippen LogP contribution is 2.27. The Hall–Kier alpha value is -1.27. The van der Waals surface area contributed by atoms with Gasteiger partial charge in [-0.15, -0.1) is 0 Å². The highest BCUT2D eigenvalue weighted by Gasteiger charge is 2.21. The molecule has 2 rings (SSSR count). The van der Waals surface area contributed by atoms with E-state index in [9.17, 15) is 4.39 Å². The molecule has 0 amide bonds. The van der Waals surface area contributed by atoms with E-state index in [1.165, 1.54) is 6.07 Å². The molecule has 2 aromatic heterocycles. The summed E-state index contributed by atoms with van der Waals surface area (Å²) in [4.78, 5) is 4.20. The van der Waals surface area contributed by atoms with Crippen LogP contribution in [-0.4, -0.2) is 21.3 Å². The van der Waals surface area contributed by atoms with Gasteiger partial charge in [-0.1, -0.05) is 13.8 Å². The Balaban J connectivity index is 2.33. The number of aryl methyl sites for hydroxylation is 2. The fourth-order valence-electron chi connectivity index (χ4n) is 2.40. The van der Waals surface area contributed by atoms with Crippen LogP contribution in [0.4, 0.5) is 4.39 Å². The van der Waals surface area contributed by atoms with E-state index in [4.69, 9.17) is 0 Å². The fourth-order valence-corrected chi connectivity index (χ4v) is 3.18. The molecule has 114 valence electrons. The van der Waals surface area contributed by atoms with Gasteiger partial charge >= 0.3 is 0 Å². The summed E-state index contributed by atoms with van der Waals surface area (Å²) in [7, 11) is 1.91. The Morgan fingerprint density at radius 2 is 2.19 bits per heavy atom. The second-order valence-electron chi connectivity index (χ2n) is 4.87. The second-order valence-corrected chi connectivity index (χ2v) is 5.66. The standard InChI is InChI=1S/C15H20BrFN4/c1-4-11-14(16)13(21(3)20-11)9-12(18-5-2)15-10(17)7-6-8-19-15/h6-8,12,18H,4-5,9H2,1-3H3. The topological polar surface area (TPSA) is 42.7 Å². The number of pyridine rings is 1. The van der Waals surface area contributed by atoms with Gasteiger partial charge in [-0.3, -0.25) is 9.67 Å². The van der Waals surface area contributed by atoms with E-state index in [0.717, 1.165) is 28.8 Å². The summed E-state index contributed by atoms with van der Waals surface area (Å²) < 4.78 is 16.9. The lowest BCUT2D eigenvalue weighted by atomic mass is 10.1. The normalized spacial score (nSPS) is 12.6. The van der Waals surface area contributed by atoms with E-state index < -0.39 is 0 Å². The molecule has 1 atom stereocenters. The van der Waals surface area contributed by atoms with Crippen LogP contribution in [0.25, 0.3) is 0 Å². The average Bonchev–Trinajstić information content (AvgIpc) is 2.74. The maximum Gasteiger partial charge on any atom is 0.146 e. The van der Waals surface area contributed by atoms with Crippen molar-refractivity contribution in [3.05, 3.63) is 45.7 Å². The number of nitrogens with one attached hydrogen (secondary N) is 1. The lowest BCUT2D eigenvalue weighted by Crippen LogP contribution is -2.26. The number of aromatic nitrogens is 3. The molecule has 6 heteroatoms. The second kappa shape index (κ2) is 7.13. The lowest BCUT2D eigenvalue weighted by molar-refractivity contribution is 0.482. The van der Waals surface area contributed by atoms with Gasteiger partial charge in [-0.25, -0.2) is 4.39 Å². The Kier molecular flexibility index (Phi) is 5.47. The third-order valence-electron chi connectivity index (χ3n) is 3.47. The summed E-state index contributed by atoms with van der Waals surface area (Å²) in [6.45, 7) is 4.82. The average molecular weight is 355 g/mol. The molecule has 0 saturated carbocycles. The fraction of sp³-hybridized carbons (Fsp3) is 0.467. The van der Waals surface area contributed by atoms with Crippen LogP contribution in [0.1, 0.15) is 37.0 Å². The van der Waals surface area contributed by atoms with Crippen molar-refractivity contribution in [2.45, 2.75) is 32.7 Å². The third-order valence-corrected chi connectivity index (χ3v) is 4.38. The highest BCUT2D eigenvalue weighted by atomic mass is 79.9. The molecule has 1 N–H and O–H groups in total. The van der Waals surface area contributed by atoms with Crippen molar-refractivity contribution in [2.75, 3.05) is 6.54 Å². The van der Waals surface area contributed by atoms with Crippen molar-refractivity contribution in [1.29, 1.82) is 0 Å². The zero-order valence-corrected chi connectivity index (χ0v) is 14.1. The van der Waals surface area contributed by atoms with Crippen molar-refractivity contribution < 1.29 is 4.39 Å². The summed E-state index contributed by atoms with van der Waals surface area (Å²) in [5.74, 6) is -0.280. The molecule has 0 aliphatic heterocycles. The summed E-state index contributed by atoms with van der Waals surface area (Å²) in [6, 6.07) is 2.88. The van der Waals surface area contributed by atoms with E-state index >= 15 is 0 Å². The Morgan fingerprint density at radius 1 is 1.43 bits per heavy atom. The highest BCUT2D eigenvalue weighted by molar-refractivity contribution is 9.10. The minimum atomic E-state index is -0.280. The number of hydrogen-bond donors (Lipinski definition) is 1. The van der Waals surface area contributed by atoms with Gasteiger partial charge in [-0.2, -0.15) is 5.10 Å². The number of hydrogen-bond acceptors (Lipinski definition) is 3. The first kappa shape index (κ1) is 16.1. The minimum Gasteiger partial charge on any atom is -0.308 e. The molecule has 1 unspecified atom stereocenters. The quantitative estimate of drug-likeness (QED) is 0.866. The van der Waals surface area contributed by atoms with Crippen molar-refractivity contribution in [1.82, 2.24) is 20.1 Å². The summed E-state index contributed by atoms with van der Waals surface area (Å²) in [6.07, 6.45) is 3.11. The van der Waals surface area contributed by atoms with Gasteiger partial charge in [-0.05, 0) is 41.0 Å². The van der Waals surface area contributed by atoms with Crippen LogP contribution in [0.5, 0.6) is 0 Å². The molecule has 0 fully saturated rings. The third kappa shape index (κ3) is 3.49. The van der Waals surface area contributed by atoms with Crippen LogP contribution in [0.3, 0.4) is 0 Å². The Labute approximate surface area is 132 Å². The van der Waals surface area contributed by atoms with Gasteiger partial charge < -0.3 is 5.32 Å². The maximum absolute atomic E-state index is 14.0. The van der Waals surface area contributed by atoms with E-state index in [0.29, 0.717) is 12.1 Å². The van der Waals surface area contributed by atoms with Crippen LogP contribution in [0, 0.1) is 5.82 Å².